The van der Waals surface area contributed by atoms with Crippen molar-refractivity contribution in [2.45, 2.75) is 19.5 Å². The van der Waals surface area contributed by atoms with E-state index in [4.69, 9.17) is 14.0 Å². The smallest absolute Gasteiger partial charge is 0.159 e. The molecule has 0 bridgehead atoms. The van der Waals surface area contributed by atoms with E-state index in [0.29, 0.717) is 31.0 Å². The molecular weight excluding hydrogens is 378 g/mol. The second-order valence-corrected chi connectivity index (χ2v) is 7.01. The molecule has 1 aliphatic heterocycles. The summed E-state index contributed by atoms with van der Waals surface area (Å²) in [4.78, 5) is 2.27. The molecule has 7 heteroatoms. The van der Waals surface area contributed by atoms with Crippen LogP contribution < -0.4 is 4.74 Å². The fourth-order valence-corrected chi connectivity index (χ4v) is 3.50. The number of aromatic nitrogens is 1. The largest absolute Gasteiger partial charge is 0.491 e. The first-order chi connectivity index (χ1) is 14.1. The average molecular weight is 400 g/mol. The standard InChI is InChI=1S/C22H22F2N2O3/c1-27-9-10-28-17-4-2-3-15(11-17)13-26-8-7-21-18(14-26)22(25-29-21)16-5-6-19(23)20(24)12-16/h2-6,11-12H,7-10,13-14H2,1H3. The van der Waals surface area contributed by atoms with Crippen molar-refractivity contribution in [2.24, 2.45) is 0 Å². The predicted octanol–water partition coefficient (Wildman–Crippen LogP) is 4.20. The fraction of sp³-hybridized carbons (Fsp3) is 0.318. The molecular formula is C22H22F2N2O3. The molecule has 1 aliphatic rings. The molecule has 0 unspecified atom stereocenters. The summed E-state index contributed by atoms with van der Waals surface area (Å²) in [5.41, 5.74) is 3.15. The molecule has 4 rings (SSSR count). The van der Waals surface area contributed by atoms with Crippen molar-refractivity contribution in [3.63, 3.8) is 0 Å². The fourth-order valence-electron chi connectivity index (χ4n) is 3.50. The van der Waals surface area contributed by atoms with Gasteiger partial charge in [-0.3, -0.25) is 4.90 Å². The Morgan fingerprint density at radius 3 is 2.83 bits per heavy atom. The third kappa shape index (κ3) is 4.46. The van der Waals surface area contributed by atoms with Crippen molar-refractivity contribution in [1.29, 1.82) is 0 Å². The Bertz CT molecular complexity index is 990. The minimum atomic E-state index is -0.891. The second-order valence-electron chi connectivity index (χ2n) is 7.01. The van der Waals surface area contributed by atoms with Gasteiger partial charge in [-0.2, -0.15) is 0 Å². The van der Waals surface area contributed by atoms with E-state index in [-0.39, 0.29) is 0 Å². The maximum atomic E-state index is 13.7. The Morgan fingerprint density at radius 2 is 2.00 bits per heavy atom. The van der Waals surface area contributed by atoms with Crippen LogP contribution in [-0.4, -0.2) is 36.9 Å². The van der Waals surface area contributed by atoms with Crippen molar-refractivity contribution in [2.75, 3.05) is 26.9 Å². The first kappa shape index (κ1) is 19.5. The van der Waals surface area contributed by atoms with Crippen LogP contribution in [0.25, 0.3) is 11.3 Å². The Hall–Kier alpha value is -2.77. The molecule has 0 amide bonds. The number of hydrogen-bond acceptors (Lipinski definition) is 5. The van der Waals surface area contributed by atoms with Gasteiger partial charge in [0.15, 0.2) is 11.6 Å². The molecule has 0 spiro atoms. The summed E-state index contributed by atoms with van der Waals surface area (Å²) in [6.45, 7) is 3.24. The molecule has 3 aromatic rings. The summed E-state index contributed by atoms with van der Waals surface area (Å²) in [6, 6.07) is 11.8. The lowest BCUT2D eigenvalue weighted by Crippen LogP contribution is -2.29. The highest BCUT2D eigenvalue weighted by Crippen LogP contribution is 2.31. The van der Waals surface area contributed by atoms with E-state index in [1.807, 2.05) is 18.2 Å². The van der Waals surface area contributed by atoms with Gasteiger partial charge in [-0.15, -0.1) is 0 Å². The summed E-state index contributed by atoms with van der Waals surface area (Å²) in [5.74, 6) is -0.153. The van der Waals surface area contributed by atoms with E-state index in [1.165, 1.54) is 6.07 Å². The van der Waals surface area contributed by atoms with Gasteiger partial charge in [-0.25, -0.2) is 8.78 Å². The molecule has 152 valence electrons. The Labute approximate surface area is 167 Å². The third-order valence-electron chi connectivity index (χ3n) is 4.96. The SMILES string of the molecule is COCCOc1cccc(CN2CCc3onc(-c4ccc(F)c(F)c4)c3C2)c1. The van der Waals surface area contributed by atoms with Crippen molar-refractivity contribution in [1.82, 2.24) is 10.1 Å². The highest BCUT2D eigenvalue weighted by atomic mass is 19.2. The maximum absolute atomic E-state index is 13.7. The molecule has 2 aromatic carbocycles. The third-order valence-corrected chi connectivity index (χ3v) is 4.96. The number of hydrogen-bond donors (Lipinski definition) is 0. The van der Waals surface area contributed by atoms with Crippen LogP contribution >= 0.6 is 0 Å². The van der Waals surface area contributed by atoms with Crippen LogP contribution in [0.2, 0.25) is 0 Å². The van der Waals surface area contributed by atoms with E-state index < -0.39 is 11.6 Å². The van der Waals surface area contributed by atoms with E-state index in [0.717, 1.165) is 54.3 Å². The summed E-state index contributed by atoms with van der Waals surface area (Å²) in [6.07, 6.45) is 0.718. The minimum absolute atomic E-state index is 0.505. The lowest BCUT2D eigenvalue weighted by molar-refractivity contribution is 0.146. The van der Waals surface area contributed by atoms with Gasteiger partial charge in [-0.1, -0.05) is 17.3 Å². The van der Waals surface area contributed by atoms with Crippen molar-refractivity contribution in [3.8, 4) is 17.0 Å². The van der Waals surface area contributed by atoms with Crippen LogP contribution in [0.3, 0.4) is 0 Å². The van der Waals surface area contributed by atoms with E-state index in [9.17, 15) is 8.78 Å². The molecule has 0 saturated heterocycles. The molecule has 0 N–H and O–H groups in total. The van der Waals surface area contributed by atoms with Crippen LogP contribution in [0, 0.1) is 11.6 Å². The zero-order valence-corrected chi connectivity index (χ0v) is 16.2. The highest BCUT2D eigenvalue weighted by Gasteiger charge is 2.25. The first-order valence-corrected chi connectivity index (χ1v) is 9.50. The Balaban J connectivity index is 1.48. The van der Waals surface area contributed by atoms with E-state index in [1.54, 1.807) is 7.11 Å². The van der Waals surface area contributed by atoms with Crippen molar-refractivity contribution < 1.29 is 22.8 Å². The second kappa shape index (κ2) is 8.71. The van der Waals surface area contributed by atoms with Gasteiger partial charge < -0.3 is 14.0 Å². The van der Waals surface area contributed by atoms with Gasteiger partial charge in [-0.05, 0) is 35.9 Å². The first-order valence-electron chi connectivity index (χ1n) is 9.50. The Morgan fingerprint density at radius 1 is 1.10 bits per heavy atom. The lowest BCUT2D eigenvalue weighted by atomic mass is 10.0. The number of nitrogens with zero attached hydrogens (tertiary/aromatic N) is 2. The number of benzene rings is 2. The number of halogens is 2. The topological polar surface area (TPSA) is 47.7 Å². The molecule has 0 saturated carbocycles. The molecule has 1 aromatic heterocycles. The monoisotopic (exact) mass is 400 g/mol. The molecule has 0 radical (unpaired) electrons. The summed E-state index contributed by atoms with van der Waals surface area (Å²) >= 11 is 0. The van der Waals surface area contributed by atoms with Crippen LogP contribution in [0.4, 0.5) is 8.78 Å². The van der Waals surface area contributed by atoms with E-state index >= 15 is 0 Å². The molecule has 5 nitrogen and oxygen atoms in total. The molecule has 0 aliphatic carbocycles. The molecule has 0 atom stereocenters. The zero-order valence-electron chi connectivity index (χ0n) is 16.2. The van der Waals surface area contributed by atoms with Crippen LogP contribution in [0.15, 0.2) is 47.0 Å². The normalized spacial score (nSPS) is 14.0. The van der Waals surface area contributed by atoms with Crippen LogP contribution in [0.5, 0.6) is 5.75 Å². The van der Waals surface area contributed by atoms with Gasteiger partial charge in [0.25, 0.3) is 0 Å². The summed E-state index contributed by atoms with van der Waals surface area (Å²) in [5, 5.41) is 4.11. The Kier molecular flexibility index (Phi) is 5.87. The number of fused-ring (bicyclic) bond motifs is 1. The quantitative estimate of drug-likeness (QED) is 0.556. The highest BCUT2D eigenvalue weighted by molar-refractivity contribution is 5.63. The molecule has 2 heterocycles. The number of rotatable bonds is 7. The van der Waals surface area contributed by atoms with Crippen molar-refractivity contribution in [3.05, 3.63) is 71.0 Å². The lowest BCUT2D eigenvalue weighted by Gasteiger charge is -2.26. The zero-order chi connectivity index (χ0) is 20.2. The van der Waals surface area contributed by atoms with Gasteiger partial charge in [0.1, 0.15) is 23.8 Å². The van der Waals surface area contributed by atoms with Crippen LogP contribution in [-0.2, 0) is 24.2 Å². The number of ether oxygens (including phenoxy) is 2. The van der Waals surface area contributed by atoms with Crippen molar-refractivity contribution >= 4 is 0 Å². The van der Waals surface area contributed by atoms with Gasteiger partial charge in [0, 0.05) is 44.3 Å². The van der Waals surface area contributed by atoms with Gasteiger partial charge >= 0.3 is 0 Å². The minimum Gasteiger partial charge on any atom is -0.491 e. The van der Waals surface area contributed by atoms with Gasteiger partial charge in [0.2, 0.25) is 0 Å². The average Bonchev–Trinajstić information content (AvgIpc) is 3.14. The molecule has 29 heavy (non-hydrogen) atoms. The van der Waals surface area contributed by atoms with Crippen LogP contribution in [0.1, 0.15) is 16.9 Å². The number of methoxy groups -OCH3 is 1. The predicted molar refractivity (Wildman–Crippen MR) is 103 cm³/mol. The van der Waals surface area contributed by atoms with E-state index in [2.05, 4.69) is 16.1 Å². The molecule has 0 fully saturated rings. The summed E-state index contributed by atoms with van der Waals surface area (Å²) < 4.78 is 43.1. The maximum Gasteiger partial charge on any atom is 0.159 e. The summed E-state index contributed by atoms with van der Waals surface area (Å²) in [7, 11) is 1.64. The van der Waals surface area contributed by atoms with Gasteiger partial charge in [0.05, 0.1) is 6.61 Å².